The van der Waals surface area contributed by atoms with Crippen LogP contribution in [0.2, 0.25) is 12.1 Å². The average Bonchev–Trinajstić information content (AvgIpc) is 3.64. The van der Waals surface area contributed by atoms with Gasteiger partial charge in [0, 0.05) is 77.7 Å². The fourth-order valence-corrected chi connectivity index (χ4v) is 10.5. The molecule has 0 spiro atoms. The summed E-state index contributed by atoms with van der Waals surface area (Å²) in [4.78, 5) is 0. The number of hydrogen-bond acceptors (Lipinski definition) is 12. The first-order chi connectivity index (χ1) is 21.5. The molecule has 44 heavy (non-hydrogen) atoms. The highest BCUT2D eigenvalue weighted by Crippen LogP contribution is 2.20. The number of aromatic nitrogens is 8. The van der Waals surface area contributed by atoms with E-state index in [2.05, 4.69) is 31.1 Å². The second-order valence-corrected chi connectivity index (χ2v) is 15.9. The van der Waals surface area contributed by atoms with Crippen molar-refractivity contribution in [3.63, 3.8) is 0 Å². The Morgan fingerprint density at radius 1 is 0.455 bits per heavy atom. The Morgan fingerprint density at radius 2 is 0.773 bits per heavy atom. The van der Waals surface area contributed by atoms with Crippen LogP contribution in [0.5, 0.6) is 0 Å². The fourth-order valence-electron chi connectivity index (χ4n) is 5.32. The summed E-state index contributed by atoms with van der Waals surface area (Å²) < 4.78 is 39.6. The maximum absolute atomic E-state index is 5.97. The van der Waals surface area contributed by atoms with Gasteiger partial charge in [0.05, 0.1) is 0 Å². The van der Waals surface area contributed by atoms with Crippen molar-refractivity contribution in [2.45, 2.75) is 131 Å². The van der Waals surface area contributed by atoms with Crippen LogP contribution in [0.15, 0.2) is 0 Å². The number of rotatable bonds is 29. The van der Waals surface area contributed by atoms with Crippen molar-refractivity contribution < 1.29 is 26.6 Å². The van der Waals surface area contributed by atoms with Gasteiger partial charge in [0.2, 0.25) is 0 Å². The summed E-state index contributed by atoms with van der Waals surface area (Å²) in [5.41, 5.74) is 0. The maximum atomic E-state index is 5.97. The molecule has 14 nitrogen and oxygen atoms in total. The minimum Gasteiger partial charge on any atom is -0.374 e. The molecule has 0 bridgehead atoms. The van der Waals surface area contributed by atoms with E-state index < -0.39 is 17.6 Å². The molecule has 0 unspecified atom stereocenters. The molecular weight excluding hydrogens is 601 g/mol. The molecule has 0 amide bonds. The molecule has 0 saturated carbocycles. The molecule has 254 valence electrons. The van der Waals surface area contributed by atoms with Gasteiger partial charge in [0.25, 0.3) is 0 Å². The number of aryl methyl sites for hydroxylation is 4. The Bertz CT molecular complexity index is 875. The molecule has 2 aromatic heterocycles. The van der Waals surface area contributed by atoms with Crippen molar-refractivity contribution in [3.05, 3.63) is 11.6 Å². The lowest BCUT2D eigenvalue weighted by Crippen LogP contribution is -2.46. The lowest BCUT2D eigenvalue weighted by molar-refractivity contribution is 0.0696. The van der Waals surface area contributed by atoms with Crippen LogP contribution in [-0.4, -0.2) is 97.7 Å². The Hall–Kier alpha value is -1.67. The van der Waals surface area contributed by atoms with Gasteiger partial charge in [-0.25, -0.2) is 9.36 Å². The van der Waals surface area contributed by atoms with Crippen LogP contribution in [-0.2, 0) is 52.5 Å². The quantitative estimate of drug-likeness (QED) is 0.0886. The Labute approximate surface area is 266 Å². The van der Waals surface area contributed by atoms with E-state index in [1.165, 1.54) is 12.8 Å². The molecule has 2 heterocycles. The van der Waals surface area contributed by atoms with Gasteiger partial charge in [-0.05, 0) is 88.1 Å². The van der Waals surface area contributed by atoms with Crippen LogP contribution in [0.25, 0.3) is 0 Å². The largest absolute Gasteiger partial charge is 0.500 e. The van der Waals surface area contributed by atoms with Crippen molar-refractivity contribution in [2.75, 3.05) is 39.6 Å². The zero-order valence-electron chi connectivity index (χ0n) is 28.2. The summed E-state index contributed by atoms with van der Waals surface area (Å²) in [6, 6.07) is 1.51. The van der Waals surface area contributed by atoms with Crippen LogP contribution in [0.4, 0.5) is 0 Å². The Morgan fingerprint density at radius 3 is 1.09 bits per heavy atom. The minimum atomic E-state index is -2.64. The summed E-state index contributed by atoms with van der Waals surface area (Å²) >= 11 is 0. The van der Waals surface area contributed by atoms with Gasteiger partial charge >= 0.3 is 17.6 Å². The summed E-state index contributed by atoms with van der Waals surface area (Å²) in [7, 11) is -5.29. The van der Waals surface area contributed by atoms with Crippen LogP contribution in [0, 0.1) is 0 Å². The molecule has 0 fully saturated rings. The lowest BCUT2D eigenvalue weighted by Gasteiger charge is -2.28. The first-order valence-corrected chi connectivity index (χ1v) is 20.7. The molecule has 0 aliphatic heterocycles. The third-order valence-electron chi connectivity index (χ3n) is 7.15. The second kappa shape index (κ2) is 22.8. The first-order valence-electron chi connectivity index (χ1n) is 16.8. The topological polar surface area (TPSA) is 143 Å². The molecule has 0 radical (unpaired) electrons. The predicted octanol–water partition coefficient (Wildman–Crippen LogP) is 4.66. The zero-order chi connectivity index (χ0) is 31.9. The van der Waals surface area contributed by atoms with Gasteiger partial charge in [-0.1, -0.05) is 25.7 Å². The van der Waals surface area contributed by atoms with E-state index in [0.717, 1.165) is 88.2 Å². The van der Waals surface area contributed by atoms with E-state index in [-0.39, 0.29) is 0 Å². The van der Waals surface area contributed by atoms with Crippen LogP contribution >= 0.6 is 0 Å². The van der Waals surface area contributed by atoms with Gasteiger partial charge in [0.1, 0.15) is 0 Å². The molecule has 16 heteroatoms. The minimum absolute atomic E-state index is 0.586. The van der Waals surface area contributed by atoms with Gasteiger partial charge in [-0.3, -0.25) is 0 Å². The van der Waals surface area contributed by atoms with E-state index in [1.54, 1.807) is 0 Å². The van der Waals surface area contributed by atoms with Crippen LogP contribution < -0.4 is 0 Å². The van der Waals surface area contributed by atoms with Crippen molar-refractivity contribution in [1.82, 2.24) is 40.4 Å². The highest BCUT2D eigenvalue weighted by molar-refractivity contribution is 6.61. The molecule has 0 aromatic carbocycles. The Kier molecular flexibility index (Phi) is 19.9. The van der Waals surface area contributed by atoms with Crippen molar-refractivity contribution in [2.24, 2.45) is 0 Å². The molecular formula is C28H58N8O6Si2. The van der Waals surface area contributed by atoms with E-state index in [4.69, 9.17) is 26.6 Å². The Balaban J connectivity index is 1.64. The number of nitrogens with zero attached hydrogens (tertiary/aromatic N) is 8. The molecule has 0 aliphatic rings. The van der Waals surface area contributed by atoms with E-state index in [9.17, 15) is 0 Å². The summed E-state index contributed by atoms with van der Waals surface area (Å²) in [5.74, 6) is 1.88. The SMILES string of the molecule is CCO[Si](CCCn1nnnc1CCCCCCCCc1nnnn1CCC[Si](OCC)(OCC)OCC)(OCC)OCC. The second-order valence-electron chi connectivity index (χ2n) is 10.4. The van der Waals surface area contributed by atoms with Gasteiger partial charge < -0.3 is 26.6 Å². The third-order valence-corrected chi connectivity index (χ3v) is 13.5. The van der Waals surface area contributed by atoms with Crippen molar-refractivity contribution in [3.8, 4) is 0 Å². The lowest BCUT2D eigenvalue weighted by atomic mass is 10.1. The number of tetrazole rings is 2. The number of hydrogen-bond donors (Lipinski definition) is 0. The normalized spacial score (nSPS) is 12.4. The van der Waals surface area contributed by atoms with Crippen molar-refractivity contribution >= 4 is 17.6 Å². The summed E-state index contributed by atoms with van der Waals surface area (Å²) in [6.45, 7) is 16.9. The predicted molar refractivity (Wildman–Crippen MR) is 171 cm³/mol. The van der Waals surface area contributed by atoms with Gasteiger partial charge in [0.15, 0.2) is 11.6 Å². The van der Waals surface area contributed by atoms with E-state index in [1.807, 2.05) is 50.9 Å². The number of unbranched alkanes of at least 4 members (excludes halogenated alkanes) is 5. The standard InChI is InChI=1S/C28H58N8O6Si2/c1-7-37-43(38-8-2,39-9-3)25-19-23-35-27(29-31-33-35)21-17-15-13-14-16-18-22-28-30-32-34-36(28)24-20-26-44(40-10-4,41-11-5)42-12-6/h7-26H2,1-6H3. The molecule has 0 atom stereocenters. The van der Waals surface area contributed by atoms with Crippen LogP contribution in [0.3, 0.4) is 0 Å². The summed E-state index contributed by atoms with van der Waals surface area (Å²) in [5, 5.41) is 24.8. The molecule has 0 N–H and O–H groups in total. The fraction of sp³-hybridized carbons (Fsp3) is 0.929. The average molecular weight is 659 g/mol. The molecule has 0 saturated heterocycles. The van der Waals surface area contributed by atoms with E-state index in [0.29, 0.717) is 39.6 Å². The molecule has 0 aliphatic carbocycles. The third kappa shape index (κ3) is 13.8. The van der Waals surface area contributed by atoms with Crippen LogP contribution in [0.1, 0.15) is 105 Å². The molecule has 2 aromatic rings. The highest BCUT2D eigenvalue weighted by atomic mass is 28.4. The van der Waals surface area contributed by atoms with E-state index >= 15 is 0 Å². The van der Waals surface area contributed by atoms with Gasteiger partial charge in [-0.2, -0.15) is 0 Å². The highest BCUT2D eigenvalue weighted by Gasteiger charge is 2.40. The van der Waals surface area contributed by atoms with Crippen molar-refractivity contribution in [1.29, 1.82) is 0 Å². The zero-order valence-corrected chi connectivity index (χ0v) is 30.2. The maximum Gasteiger partial charge on any atom is 0.500 e. The monoisotopic (exact) mass is 658 g/mol. The van der Waals surface area contributed by atoms with Gasteiger partial charge in [-0.15, -0.1) is 10.2 Å². The smallest absolute Gasteiger partial charge is 0.374 e. The summed E-state index contributed by atoms with van der Waals surface area (Å²) in [6.07, 6.45) is 10.3. The molecule has 2 rings (SSSR count). The first kappa shape index (κ1) is 38.5.